The lowest BCUT2D eigenvalue weighted by atomic mass is 10.0. The summed E-state index contributed by atoms with van der Waals surface area (Å²) in [5, 5.41) is 7.07. The molecule has 4 heteroatoms. The summed E-state index contributed by atoms with van der Waals surface area (Å²) in [4.78, 5) is 0. The summed E-state index contributed by atoms with van der Waals surface area (Å²) in [5.41, 5.74) is 1.17. The van der Waals surface area contributed by atoms with Gasteiger partial charge in [-0.15, -0.1) is 0 Å². The molecule has 0 saturated heterocycles. The van der Waals surface area contributed by atoms with E-state index in [4.69, 9.17) is 0 Å². The van der Waals surface area contributed by atoms with E-state index in [-0.39, 0.29) is 17.8 Å². The van der Waals surface area contributed by atoms with Gasteiger partial charge in [-0.2, -0.15) is 0 Å². The van der Waals surface area contributed by atoms with Crippen molar-refractivity contribution in [2.75, 3.05) is 5.75 Å². The van der Waals surface area contributed by atoms with Crippen LogP contribution < -0.4 is 5.32 Å². The molecular weight excluding hydrogens is 270 g/mol. The van der Waals surface area contributed by atoms with Crippen molar-refractivity contribution < 1.29 is 8.42 Å². The highest BCUT2D eigenvalue weighted by Crippen LogP contribution is 2.21. The van der Waals surface area contributed by atoms with E-state index in [2.05, 4.69) is 42.6 Å². The van der Waals surface area contributed by atoms with Crippen LogP contribution in [0.1, 0.15) is 18.5 Å². The smallest absolute Gasteiger partial charge is 0.173 e. The summed E-state index contributed by atoms with van der Waals surface area (Å²) in [6.45, 7) is 2.06. The third-order valence-electron chi connectivity index (χ3n) is 3.67. The zero-order valence-corrected chi connectivity index (χ0v) is 12.1. The lowest BCUT2D eigenvalue weighted by Gasteiger charge is -2.18. The highest BCUT2D eigenvalue weighted by Gasteiger charge is 2.23. The van der Waals surface area contributed by atoms with Crippen molar-refractivity contribution in [1.82, 2.24) is 5.32 Å². The maximum atomic E-state index is 11.4. The standard InChI is InChI=1S/C16H17NO2S/c1-12(17-16-8-9-20(18,19)11-16)14-7-6-13-4-2-3-5-15(13)10-14/h2-10,12,16-17H,11H2,1H3. The second kappa shape index (κ2) is 5.04. The summed E-state index contributed by atoms with van der Waals surface area (Å²) < 4.78 is 22.8. The molecule has 0 bridgehead atoms. The molecule has 3 nitrogen and oxygen atoms in total. The Morgan fingerprint density at radius 2 is 1.90 bits per heavy atom. The van der Waals surface area contributed by atoms with Crippen molar-refractivity contribution in [1.29, 1.82) is 0 Å². The van der Waals surface area contributed by atoms with Crippen LogP contribution in [0, 0.1) is 0 Å². The van der Waals surface area contributed by atoms with Gasteiger partial charge in [0.15, 0.2) is 9.84 Å². The molecule has 2 aromatic carbocycles. The van der Waals surface area contributed by atoms with Gasteiger partial charge in [-0.1, -0.05) is 42.5 Å². The Hall–Kier alpha value is -1.65. The number of fused-ring (bicyclic) bond motifs is 1. The molecular formula is C16H17NO2S. The number of nitrogens with one attached hydrogen (secondary N) is 1. The molecule has 2 aromatic rings. The van der Waals surface area contributed by atoms with Crippen LogP contribution in [0.2, 0.25) is 0 Å². The molecule has 1 N–H and O–H groups in total. The minimum atomic E-state index is -3.00. The Bertz CT molecular complexity index is 765. The van der Waals surface area contributed by atoms with Gasteiger partial charge in [-0.25, -0.2) is 8.42 Å². The van der Waals surface area contributed by atoms with E-state index in [9.17, 15) is 8.42 Å². The van der Waals surface area contributed by atoms with Gasteiger partial charge in [0.05, 0.1) is 5.75 Å². The number of rotatable bonds is 3. The molecule has 20 heavy (non-hydrogen) atoms. The first kappa shape index (κ1) is 13.3. The van der Waals surface area contributed by atoms with Gasteiger partial charge >= 0.3 is 0 Å². The van der Waals surface area contributed by atoms with E-state index >= 15 is 0 Å². The van der Waals surface area contributed by atoms with Crippen LogP contribution in [0.4, 0.5) is 0 Å². The van der Waals surface area contributed by atoms with E-state index < -0.39 is 9.84 Å². The maximum Gasteiger partial charge on any atom is 0.173 e. The van der Waals surface area contributed by atoms with Crippen LogP contribution in [-0.2, 0) is 9.84 Å². The highest BCUT2D eigenvalue weighted by atomic mass is 32.2. The van der Waals surface area contributed by atoms with Crippen LogP contribution in [0.15, 0.2) is 53.9 Å². The second-order valence-corrected chi connectivity index (χ2v) is 7.19. The number of hydrogen-bond acceptors (Lipinski definition) is 3. The third kappa shape index (κ3) is 2.76. The molecule has 1 aliphatic heterocycles. The predicted octanol–water partition coefficient (Wildman–Crippen LogP) is 2.80. The molecule has 0 aromatic heterocycles. The van der Waals surface area contributed by atoms with Gasteiger partial charge in [-0.3, -0.25) is 0 Å². The van der Waals surface area contributed by atoms with E-state index in [1.807, 2.05) is 12.1 Å². The van der Waals surface area contributed by atoms with Gasteiger partial charge in [0.25, 0.3) is 0 Å². The fourth-order valence-corrected chi connectivity index (χ4v) is 3.82. The van der Waals surface area contributed by atoms with E-state index in [1.165, 1.54) is 21.7 Å². The van der Waals surface area contributed by atoms with Crippen LogP contribution in [0.5, 0.6) is 0 Å². The second-order valence-electron chi connectivity index (χ2n) is 5.26. The Kier molecular flexibility index (Phi) is 3.36. The van der Waals surface area contributed by atoms with Gasteiger partial charge in [0.2, 0.25) is 0 Å². The zero-order valence-electron chi connectivity index (χ0n) is 11.3. The summed E-state index contributed by atoms with van der Waals surface area (Å²) >= 11 is 0. The van der Waals surface area contributed by atoms with Crippen LogP contribution in [0.25, 0.3) is 10.8 Å². The molecule has 0 fully saturated rings. The lowest BCUT2D eigenvalue weighted by molar-refractivity contribution is 0.535. The number of sulfone groups is 1. The normalized spacial score (nSPS) is 22.1. The number of benzene rings is 2. The Morgan fingerprint density at radius 3 is 2.60 bits per heavy atom. The molecule has 3 rings (SSSR count). The highest BCUT2D eigenvalue weighted by molar-refractivity contribution is 7.94. The molecule has 0 saturated carbocycles. The average molecular weight is 287 g/mol. The average Bonchev–Trinajstić information content (AvgIpc) is 2.77. The molecule has 0 amide bonds. The van der Waals surface area contributed by atoms with Crippen molar-refractivity contribution in [3.63, 3.8) is 0 Å². The molecule has 2 unspecified atom stereocenters. The molecule has 0 radical (unpaired) electrons. The van der Waals surface area contributed by atoms with E-state index in [1.54, 1.807) is 6.08 Å². The summed E-state index contributed by atoms with van der Waals surface area (Å²) in [6.07, 6.45) is 1.73. The van der Waals surface area contributed by atoms with Crippen molar-refractivity contribution >= 4 is 20.6 Å². The summed E-state index contributed by atoms with van der Waals surface area (Å²) in [7, 11) is -3.00. The number of hydrogen-bond donors (Lipinski definition) is 1. The Morgan fingerprint density at radius 1 is 1.15 bits per heavy atom. The quantitative estimate of drug-likeness (QED) is 0.944. The predicted molar refractivity (Wildman–Crippen MR) is 82.2 cm³/mol. The van der Waals surface area contributed by atoms with Crippen molar-refractivity contribution in [3.8, 4) is 0 Å². The minimum absolute atomic E-state index is 0.0959. The Labute approximate surface area is 119 Å². The monoisotopic (exact) mass is 287 g/mol. The van der Waals surface area contributed by atoms with Crippen molar-refractivity contribution in [2.45, 2.75) is 19.0 Å². The molecule has 1 aliphatic rings. The SMILES string of the molecule is CC(NC1C=CS(=O)(=O)C1)c1ccc2ccccc2c1. The fraction of sp³-hybridized carbons (Fsp3) is 0.250. The molecule has 104 valence electrons. The zero-order chi connectivity index (χ0) is 14.2. The van der Waals surface area contributed by atoms with Gasteiger partial charge in [0, 0.05) is 17.5 Å². The molecule has 2 atom stereocenters. The van der Waals surface area contributed by atoms with E-state index in [0.29, 0.717) is 0 Å². The van der Waals surface area contributed by atoms with Gasteiger partial charge in [-0.05, 0) is 29.3 Å². The summed E-state index contributed by atoms with van der Waals surface area (Å²) in [5.74, 6) is 0.158. The molecule has 0 aliphatic carbocycles. The van der Waals surface area contributed by atoms with Crippen molar-refractivity contribution in [2.24, 2.45) is 0 Å². The fourth-order valence-electron chi connectivity index (χ4n) is 2.57. The lowest BCUT2D eigenvalue weighted by Crippen LogP contribution is -2.32. The molecule has 0 spiro atoms. The third-order valence-corrected chi connectivity index (χ3v) is 5.06. The summed E-state index contributed by atoms with van der Waals surface area (Å²) in [6, 6.07) is 14.6. The van der Waals surface area contributed by atoms with Crippen LogP contribution >= 0.6 is 0 Å². The largest absolute Gasteiger partial charge is 0.303 e. The molecule has 1 heterocycles. The van der Waals surface area contributed by atoms with Gasteiger partial charge < -0.3 is 5.32 Å². The minimum Gasteiger partial charge on any atom is -0.303 e. The van der Waals surface area contributed by atoms with Gasteiger partial charge in [0.1, 0.15) is 0 Å². The van der Waals surface area contributed by atoms with Crippen molar-refractivity contribution in [3.05, 3.63) is 59.5 Å². The van der Waals surface area contributed by atoms with Crippen LogP contribution in [0.3, 0.4) is 0 Å². The Balaban J connectivity index is 1.79. The topological polar surface area (TPSA) is 46.2 Å². The first-order valence-corrected chi connectivity index (χ1v) is 8.41. The first-order chi connectivity index (χ1) is 9.53. The van der Waals surface area contributed by atoms with Crippen LogP contribution in [-0.4, -0.2) is 20.2 Å². The maximum absolute atomic E-state index is 11.4. The first-order valence-electron chi connectivity index (χ1n) is 6.69. The van der Waals surface area contributed by atoms with E-state index in [0.717, 1.165) is 0 Å².